The number of thiophene rings is 1. The molecule has 7 heteroatoms. The van der Waals surface area contributed by atoms with Gasteiger partial charge in [-0.05, 0) is 84.6 Å². The van der Waals surface area contributed by atoms with E-state index in [9.17, 15) is 14.7 Å². The molecule has 3 atom stereocenters. The standard InChI is InChI=1S/C30H41NO5S/c1-19-6-11-25(20(2)16-19)28(32)31(21-7-9-22(10-8-21)36-23-13-15-35-18-23)26-17-24(12-14-30(3,4)5)37-27(26)29(33)34/h6,17,20-23,25H,7-11,13,15-16,18H2,1-5H3,(H,33,34)/t20-,21-,22-,23-,25+/m0/s1. The molecule has 3 aliphatic rings. The number of amides is 1. The molecule has 1 aliphatic heterocycles. The van der Waals surface area contributed by atoms with Crippen LogP contribution in [0.2, 0.25) is 0 Å². The number of hydrogen-bond donors (Lipinski definition) is 1. The lowest BCUT2D eigenvalue weighted by Crippen LogP contribution is -2.48. The maximum absolute atomic E-state index is 14.2. The largest absolute Gasteiger partial charge is 0.477 e. The van der Waals surface area contributed by atoms with E-state index in [0.717, 1.165) is 45.1 Å². The van der Waals surface area contributed by atoms with E-state index in [-0.39, 0.29) is 46.3 Å². The quantitative estimate of drug-likeness (QED) is 0.348. The maximum atomic E-state index is 14.2. The fourth-order valence-corrected chi connectivity index (χ4v) is 6.51. The molecule has 1 saturated heterocycles. The Morgan fingerprint density at radius 1 is 1.16 bits per heavy atom. The summed E-state index contributed by atoms with van der Waals surface area (Å²) >= 11 is 1.17. The van der Waals surface area contributed by atoms with Gasteiger partial charge in [0.2, 0.25) is 5.91 Å². The van der Waals surface area contributed by atoms with Crippen molar-refractivity contribution in [3.05, 3.63) is 27.5 Å². The summed E-state index contributed by atoms with van der Waals surface area (Å²) in [5.41, 5.74) is 1.62. The van der Waals surface area contributed by atoms with Gasteiger partial charge < -0.3 is 19.5 Å². The molecular weight excluding hydrogens is 486 g/mol. The second-order valence-electron chi connectivity index (χ2n) is 12.0. The van der Waals surface area contributed by atoms with Crippen LogP contribution in [0.3, 0.4) is 0 Å². The second kappa shape index (κ2) is 11.7. The summed E-state index contributed by atoms with van der Waals surface area (Å²) < 4.78 is 11.7. The number of carbonyl (C=O) groups excluding carboxylic acids is 1. The third-order valence-electron chi connectivity index (χ3n) is 7.61. The summed E-state index contributed by atoms with van der Waals surface area (Å²) in [5.74, 6) is 5.47. The Hall–Kier alpha value is -2.14. The zero-order chi connectivity index (χ0) is 26.7. The van der Waals surface area contributed by atoms with Crippen LogP contribution in [0.4, 0.5) is 5.69 Å². The van der Waals surface area contributed by atoms with E-state index >= 15 is 0 Å². The average molecular weight is 528 g/mol. The summed E-state index contributed by atoms with van der Waals surface area (Å²) in [7, 11) is 0. The first-order valence-corrected chi connectivity index (χ1v) is 14.5. The van der Waals surface area contributed by atoms with Crippen LogP contribution < -0.4 is 4.90 Å². The van der Waals surface area contributed by atoms with Crippen molar-refractivity contribution in [2.45, 2.75) is 97.8 Å². The number of ether oxygens (including phenoxy) is 2. The van der Waals surface area contributed by atoms with E-state index < -0.39 is 5.97 Å². The zero-order valence-electron chi connectivity index (χ0n) is 22.8. The van der Waals surface area contributed by atoms with Crippen molar-refractivity contribution in [3.63, 3.8) is 0 Å². The molecule has 2 heterocycles. The Balaban J connectivity index is 1.63. The van der Waals surface area contributed by atoms with Crippen LogP contribution in [-0.4, -0.2) is 48.4 Å². The Kier molecular flexibility index (Phi) is 8.83. The molecule has 4 rings (SSSR count). The highest BCUT2D eigenvalue weighted by atomic mass is 32.1. The van der Waals surface area contributed by atoms with Gasteiger partial charge in [0, 0.05) is 24.0 Å². The Labute approximate surface area is 225 Å². The number of rotatable bonds is 6. The number of carboxylic acid groups (broad SMARTS) is 1. The summed E-state index contributed by atoms with van der Waals surface area (Å²) in [6, 6.07) is 1.78. The molecule has 1 amide bonds. The van der Waals surface area contributed by atoms with E-state index in [1.807, 2.05) is 31.7 Å². The first-order valence-electron chi connectivity index (χ1n) is 13.6. The van der Waals surface area contributed by atoms with E-state index in [1.54, 1.807) is 0 Å². The van der Waals surface area contributed by atoms with E-state index in [4.69, 9.17) is 9.47 Å². The van der Waals surface area contributed by atoms with Gasteiger partial charge in [-0.1, -0.05) is 30.4 Å². The van der Waals surface area contributed by atoms with Crippen molar-refractivity contribution in [1.29, 1.82) is 0 Å². The predicted molar refractivity (Wildman–Crippen MR) is 147 cm³/mol. The molecule has 1 aromatic rings. The average Bonchev–Trinajstić information content (AvgIpc) is 3.49. The molecule has 0 radical (unpaired) electrons. The third kappa shape index (κ3) is 7.04. The highest BCUT2D eigenvalue weighted by Crippen LogP contribution is 2.39. The molecule has 6 nitrogen and oxygen atoms in total. The topological polar surface area (TPSA) is 76.1 Å². The zero-order valence-corrected chi connectivity index (χ0v) is 23.7. The highest BCUT2D eigenvalue weighted by Gasteiger charge is 2.39. The van der Waals surface area contributed by atoms with Gasteiger partial charge in [-0.2, -0.15) is 0 Å². The summed E-state index contributed by atoms with van der Waals surface area (Å²) in [6.07, 6.45) is 8.31. The second-order valence-corrected chi connectivity index (χ2v) is 13.0. The minimum absolute atomic E-state index is 0.0421. The van der Waals surface area contributed by atoms with Gasteiger partial charge in [0.15, 0.2) is 0 Å². The molecular formula is C30H41NO5S. The lowest BCUT2D eigenvalue weighted by molar-refractivity contribution is -0.124. The van der Waals surface area contributed by atoms with Crippen molar-refractivity contribution in [2.75, 3.05) is 18.1 Å². The number of carbonyl (C=O) groups is 2. The van der Waals surface area contributed by atoms with Crippen molar-refractivity contribution < 1.29 is 24.2 Å². The minimum atomic E-state index is -1.01. The Morgan fingerprint density at radius 2 is 1.89 bits per heavy atom. The minimum Gasteiger partial charge on any atom is -0.477 e. The maximum Gasteiger partial charge on any atom is 0.348 e. The van der Waals surface area contributed by atoms with Gasteiger partial charge in [-0.25, -0.2) is 4.79 Å². The number of anilines is 1. The monoisotopic (exact) mass is 527 g/mol. The molecule has 2 aliphatic carbocycles. The Morgan fingerprint density at radius 3 is 2.49 bits per heavy atom. The molecule has 0 unspecified atom stereocenters. The van der Waals surface area contributed by atoms with Crippen molar-refractivity contribution in [3.8, 4) is 11.8 Å². The SMILES string of the molecule is CC1=CC[C@@H](C(=O)N(c2cc(C#CC(C)(C)C)sc2C(=O)O)[C@H]2CC[C@H](O[C@H]3CCOC3)CC2)[C@@H](C)C1. The molecule has 1 aromatic heterocycles. The molecule has 0 spiro atoms. The fourth-order valence-electron chi connectivity index (χ4n) is 5.67. The van der Waals surface area contributed by atoms with Gasteiger partial charge in [0.25, 0.3) is 0 Å². The predicted octanol–water partition coefficient (Wildman–Crippen LogP) is 6.29. The summed E-state index contributed by atoms with van der Waals surface area (Å²) in [5, 5.41) is 10.1. The number of aromatic carboxylic acids is 1. The van der Waals surface area contributed by atoms with Crippen LogP contribution in [0.25, 0.3) is 0 Å². The van der Waals surface area contributed by atoms with Crippen molar-refractivity contribution in [1.82, 2.24) is 0 Å². The van der Waals surface area contributed by atoms with E-state index in [1.165, 1.54) is 16.9 Å². The van der Waals surface area contributed by atoms with Crippen molar-refractivity contribution >= 4 is 28.9 Å². The molecule has 37 heavy (non-hydrogen) atoms. The van der Waals surface area contributed by atoms with Crippen molar-refractivity contribution in [2.24, 2.45) is 17.3 Å². The van der Waals surface area contributed by atoms with Crippen LogP contribution in [0, 0.1) is 29.1 Å². The van der Waals surface area contributed by atoms with Gasteiger partial charge in [0.05, 0.1) is 29.4 Å². The Bertz CT molecular complexity index is 1070. The van der Waals surface area contributed by atoms with Crippen LogP contribution in [0.5, 0.6) is 0 Å². The third-order valence-corrected chi connectivity index (χ3v) is 8.64. The summed E-state index contributed by atoms with van der Waals surface area (Å²) in [6.45, 7) is 11.8. The van der Waals surface area contributed by atoms with Gasteiger partial charge >= 0.3 is 5.97 Å². The van der Waals surface area contributed by atoms with Crippen LogP contribution in [0.1, 0.15) is 94.1 Å². The molecule has 0 aromatic carbocycles. The fraction of sp³-hybridized carbons (Fsp3) is 0.667. The smallest absolute Gasteiger partial charge is 0.348 e. The summed E-state index contributed by atoms with van der Waals surface area (Å²) in [4.78, 5) is 29.3. The molecule has 0 bridgehead atoms. The number of carboxylic acids is 1. The van der Waals surface area contributed by atoms with Crippen LogP contribution in [0.15, 0.2) is 17.7 Å². The normalized spacial score (nSPS) is 28.2. The first kappa shape index (κ1) is 27.9. The van der Waals surface area contributed by atoms with Gasteiger partial charge in [-0.15, -0.1) is 11.3 Å². The van der Waals surface area contributed by atoms with Crippen LogP contribution in [-0.2, 0) is 14.3 Å². The van der Waals surface area contributed by atoms with Gasteiger partial charge in [0.1, 0.15) is 4.88 Å². The van der Waals surface area contributed by atoms with E-state index in [0.29, 0.717) is 23.6 Å². The highest BCUT2D eigenvalue weighted by molar-refractivity contribution is 7.15. The lowest BCUT2D eigenvalue weighted by Gasteiger charge is -2.40. The van der Waals surface area contributed by atoms with E-state index in [2.05, 4.69) is 31.8 Å². The first-order chi connectivity index (χ1) is 17.5. The molecule has 2 fully saturated rings. The number of nitrogens with zero attached hydrogens (tertiary/aromatic N) is 1. The van der Waals surface area contributed by atoms with Gasteiger partial charge in [-0.3, -0.25) is 4.79 Å². The lowest BCUT2D eigenvalue weighted by atomic mass is 9.79. The molecule has 202 valence electrons. The molecule has 1 N–H and O–H groups in total. The number of allylic oxidation sites excluding steroid dienone is 2. The number of hydrogen-bond acceptors (Lipinski definition) is 5. The molecule has 1 saturated carbocycles. The van der Waals surface area contributed by atoms with Crippen LogP contribution >= 0.6 is 11.3 Å².